The van der Waals surface area contributed by atoms with Crippen molar-refractivity contribution >= 4 is 11.8 Å². The van der Waals surface area contributed by atoms with Crippen LogP contribution in [0.1, 0.15) is 80.8 Å². The van der Waals surface area contributed by atoms with E-state index in [9.17, 15) is 19.8 Å². The van der Waals surface area contributed by atoms with Crippen molar-refractivity contribution in [3.63, 3.8) is 0 Å². The Bertz CT molecular complexity index is 723. The van der Waals surface area contributed by atoms with E-state index in [1.165, 1.54) is 0 Å². The summed E-state index contributed by atoms with van der Waals surface area (Å²) in [5.74, 6) is -1.18. The largest absolute Gasteiger partial charge is 0.481 e. The Balaban J connectivity index is 2.17. The minimum Gasteiger partial charge on any atom is -0.481 e. The number of carboxylic acids is 1. The zero-order valence-corrected chi connectivity index (χ0v) is 15.5. The first kappa shape index (κ1) is 18.1. The topological polar surface area (TPSA) is 74.6 Å². The predicted molar refractivity (Wildman–Crippen MR) is 95.9 cm³/mol. The SMILES string of the molecule is CC(C)c1ccc2c(c1)C(=O)C(O)C1[C@@](C)(CC(=O)O)CCC[C@]21C. The molecule has 4 heteroatoms. The number of Topliss-reactive ketones (excluding diaryl/α,β-unsaturated/α-hetero) is 1. The van der Waals surface area contributed by atoms with E-state index in [-0.39, 0.29) is 23.5 Å². The summed E-state index contributed by atoms with van der Waals surface area (Å²) in [4.78, 5) is 24.4. The second-order valence-corrected chi connectivity index (χ2v) is 8.74. The molecule has 3 rings (SSSR count). The van der Waals surface area contributed by atoms with Crippen LogP contribution in [0.15, 0.2) is 18.2 Å². The van der Waals surface area contributed by atoms with E-state index in [4.69, 9.17) is 0 Å². The number of benzene rings is 1. The maximum absolute atomic E-state index is 13.0. The molecule has 1 fully saturated rings. The van der Waals surface area contributed by atoms with Crippen LogP contribution in [0.4, 0.5) is 0 Å². The van der Waals surface area contributed by atoms with Crippen LogP contribution in [0.2, 0.25) is 0 Å². The second-order valence-electron chi connectivity index (χ2n) is 8.74. The van der Waals surface area contributed by atoms with Crippen LogP contribution >= 0.6 is 0 Å². The van der Waals surface area contributed by atoms with Crippen LogP contribution in [0.25, 0.3) is 0 Å². The summed E-state index contributed by atoms with van der Waals surface area (Å²) in [5.41, 5.74) is 1.74. The average molecular weight is 344 g/mol. The average Bonchev–Trinajstić information content (AvgIpc) is 2.51. The van der Waals surface area contributed by atoms with Crippen LogP contribution in [-0.4, -0.2) is 28.1 Å². The van der Waals surface area contributed by atoms with Crippen molar-refractivity contribution in [1.29, 1.82) is 0 Å². The number of hydrogen-bond donors (Lipinski definition) is 2. The number of aliphatic carboxylic acids is 1. The Hall–Kier alpha value is -1.68. The first-order chi connectivity index (χ1) is 11.6. The molecule has 1 aromatic rings. The van der Waals surface area contributed by atoms with E-state index in [0.717, 1.165) is 30.4 Å². The number of carboxylic acid groups (broad SMARTS) is 1. The molecule has 136 valence electrons. The summed E-state index contributed by atoms with van der Waals surface area (Å²) in [5, 5.41) is 20.3. The van der Waals surface area contributed by atoms with Gasteiger partial charge in [-0.2, -0.15) is 0 Å². The van der Waals surface area contributed by atoms with Crippen LogP contribution in [-0.2, 0) is 10.2 Å². The van der Waals surface area contributed by atoms with Gasteiger partial charge in [-0.05, 0) is 46.8 Å². The van der Waals surface area contributed by atoms with Crippen molar-refractivity contribution in [2.24, 2.45) is 11.3 Å². The molecule has 0 amide bonds. The lowest BCUT2D eigenvalue weighted by molar-refractivity contribution is -0.144. The van der Waals surface area contributed by atoms with Gasteiger partial charge in [0.2, 0.25) is 0 Å². The molecule has 4 nitrogen and oxygen atoms in total. The molecule has 2 aliphatic rings. The summed E-state index contributed by atoms with van der Waals surface area (Å²) < 4.78 is 0. The van der Waals surface area contributed by atoms with Crippen LogP contribution in [0.5, 0.6) is 0 Å². The monoisotopic (exact) mass is 344 g/mol. The van der Waals surface area contributed by atoms with Crippen molar-refractivity contribution < 1.29 is 19.8 Å². The van der Waals surface area contributed by atoms with Gasteiger partial charge in [0.1, 0.15) is 6.10 Å². The van der Waals surface area contributed by atoms with Crippen molar-refractivity contribution in [1.82, 2.24) is 0 Å². The third kappa shape index (κ3) is 2.71. The normalized spacial score (nSPS) is 34.6. The molecule has 2 unspecified atom stereocenters. The molecule has 0 bridgehead atoms. The fourth-order valence-corrected chi connectivity index (χ4v) is 5.45. The third-order valence-corrected chi connectivity index (χ3v) is 6.61. The highest BCUT2D eigenvalue weighted by atomic mass is 16.4. The molecule has 2 N–H and O–H groups in total. The number of fused-ring (bicyclic) bond motifs is 3. The molecule has 4 atom stereocenters. The zero-order chi connectivity index (χ0) is 18.6. The minimum absolute atomic E-state index is 0.0169. The number of carbonyl (C=O) groups is 2. The number of hydrogen-bond acceptors (Lipinski definition) is 3. The molecular formula is C21H28O4. The summed E-state index contributed by atoms with van der Waals surface area (Å²) in [6.45, 7) is 8.19. The lowest BCUT2D eigenvalue weighted by Crippen LogP contribution is -2.58. The highest BCUT2D eigenvalue weighted by Crippen LogP contribution is 2.58. The molecular weight excluding hydrogens is 316 g/mol. The van der Waals surface area contributed by atoms with Gasteiger partial charge in [0.25, 0.3) is 0 Å². The van der Waals surface area contributed by atoms with Gasteiger partial charge in [-0.15, -0.1) is 0 Å². The number of ketones is 1. The van der Waals surface area contributed by atoms with E-state index >= 15 is 0 Å². The van der Waals surface area contributed by atoms with Gasteiger partial charge in [-0.1, -0.05) is 46.2 Å². The quantitative estimate of drug-likeness (QED) is 0.872. The molecule has 0 heterocycles. The Kier molecular flexibility index (Phi) is 4.31. The second kappa shape index (κ2) is 5.94. The number of carbonyl (C=O) groups excluding carboxylic acids is 1. The van der Waals surface area contributed by atoms with Gasteiger partial charge < -0.3 is 10.2 Å². The van der Waals surface area contributed by atoms with Crippen LogP contribution in [0, 0.1) is 11.3 Å². The van der Waals surface area contributed by atoms with Gasteiger partial charge in [0.15, 0.2) is 5.78 Å². The molecule has 1 saturated carbocycles. The van der Waals surface area contributed by atoms with E-state index in [0.29, 0.717) is 11.5 Å². The number of rotatable bonds is 3. The zero-order valence-electron chi connectivity index (χ0n) is 15.5. The van der Waals surface area contributed by atoms with Gasteiger partial charge in [0, 0.05) is 11.5 Å². The Morgan fingerprint density at radius 3 is 2.56 bits per heavy atom. The first-order valence-electron chi connectivity index (χ1n) is 9.19. The lowest BCUT2D eigenvalue weighted by Gasteiger charge is -2.56. The highest BCUT2D eigenvalue weighted by molar-refractivity contribution is 6.03. The number of aliphatic hydroxyl groups excluding tert-OH is 1. The van der Waals surface area contributed by atoms with E-state index in [1.807, 2.05) is 19.1 Å². The lowest BCUT2D eigenvalue weighted by atomic mass is 9.48. The molecule has 0 saturated heterocycles. The molecule has 25 heavy (non-hydrogen) atoms. The molecule has 1 aromatic carbocycles. The van der Waals surface area contributed by atoms with Crippen molar-refractivity contribution in [3.05, 3.63) is 34.9 Å². The Morgan fingerprint density at radius 1 is 1.28 bits per heavy atom. The van der Waals surface area contributed by atoms with Gasteiger partial charge in [-0.25, -0.2) is 0 Å². The number of aliphatic hydroxyl groups is 1. The Morgan fingerprint density at radius 2 is 1.96 bits per heavy atom. The molecule has 2 aliphatic carbocycles. The molecule has 0 aromatic heterocycles. The summed E-state index contributed by atoms with van der Waals surface area (Å²) in [6, 6.07) is 6.03. The third-order valence-electron chi connectivity index (χ3n) is 6.61. The predicted octanol–water partition coefficient (Wildman–Crippen LogP) is 3.91. The first-order valence-corrected chi connectivity index (χ1v) is 9.19. The summed E-state index contributed by atoms with van der Waals surface area (Å²) in [6.07, 6.45) is 1.35. The van der Waals surface area contributed by atoms with E-state index < -0.39 is 17.5 Å². The van der Waals surface area contributed by atoms with Gasteiger partial charge in [0.05, 0.1) is 6.42 Å². The summed E-state index contributed by atoms with van der Waals surface area (Å²) in [7, 11) is 0. The van der Waals surface area contributed by atoms with Crippen molar-refractivity contribution in [2.45, 2.75) is 70.8 Å². The van der Waals surface area contributed by atoms with Crippen molar-refractivity contribution in [3.8, 4) is 0 Å². The van der Waals surface area contributed by atoms with Crippen molar-refractivity contribution in [2.75, 3.05) is 0 Å². The van der Waals surface area contributed by atoms with Crippen LogP contribution < -0.4 is 0 Å². The van der Waals surface area contributed by atoms with Gasteiger partial charge in [-0.3, -0.25) is 9.59 Å². The smallest absolute Gasteiger partial charge is 0.303 e. The fourth-order valence-electron chi connectivity index (χ4n) is 5.45. The highest BCUT2D eigenvalue weighted by Gasteiger charge is 2.58. The maximum atomic E-state index is 13.0. The Labute approximate surface area is 149 Å². The van der Waals surface area contributed by atoms with Gasteiger partial charge >= 0.3 is 5.97 Å². The van der Waals surface area contributed by atoms with E-state index in [1.54, 1.807) is 0 Å². The summed E-state index contributed by atoms with van der Waals surface area (Å²) >= 11 is 0. The molecule has 0 spiro atoms. The maximum Gasteiger partial charge on any atom is 0.303 e. The fraction of sp³-hybridized carbons (Fsp3) is 0.619. The molecule has 0 radical (unpaired) electrons. The van der Waals surface area contributed by atoms with Crippen LogP contribution in [0.3, 0.4) is 0 Å². The standard InChI is InChI=1S/C21H28O4/c1-12(2)13-6-7-15-14(10-13)17(24)18(25)19-20(3,11-16(22)23)8-5-9-21(15,19)4/h6-7,10,12,18-19,25H,5,8-9,11H2,1-4H3,(H,22,23)/t18?,19?,20-,21-/m1/s1. The minimum atomic E-state index is -1.13. The molecule has 0 aliphatic heterocycles. The van der Waals surface area contributed by atoms with E-state index in [2.05, 4.69) is 26.8 Å².